The van der Waals surface area contributed by atoms with Gasteiger partial charge in [-0.2, -0.15) is 13.2 Å². The van der Waals surface area contributed by atoms with Crippen LogP contribution in [-0.4, -0.2) is 30.0 Å². The second kappa shape index (κ2) is 8.34. The van der Waals surface area contributed by atoms with Crippen LogP contribution in [0.4, 0.5) is 23.4 Å². The SMILES string of the molecule is O=C(CCc1c(F)cccc1Cl)N[C@@H]1CCN(c2ccc(C(F)(F)F)cn2)C1. The Bertz CT molecular complexity index is 822. The van der Waals surface area contributed by atoms with Crippen LogP contribution in [0, 0.1) is 5.82 Å². The summed E-state index contributed by atoms with van der Waals surface area (Å²) in [6.45, 7) is 1.02. The number of amides is 1. The number of hydrogen-bond acceptors (Lipinski definition) is 3. The Balaban J connectivity index is 1.51. The van der Waals surface area contributed by atoms with E-state index < -0.39 is 17.6 Å². The second-order valence-electron chi connectivity index (χ2n) is 6.60. The zero-order valence-electron chi connectivity index (χ0n) is 14.8. The van der Waals surface area contributed by atoms with Gasteiger partial charge in [0.1, 0.15) is 11.6 Å². The number of anilines is 1. The largest absolute Gasteiger partial charge is 0.417 e. The molecule has 0 radical (unpaired) electrons. The van der Waals surface area contributed by atoms with E-state index in [9.17, 15) is 22.4 Å². The van der Waals surface area contributed by atoms with Gasteiger partial charge in [0.15, 0.2) is 0 Å². The fourth-order valence-corrected chi connectivity index (χ4v) is 3.39. The Kier molecular flexibility index (Phi) is 6.07. The fourth-order valence-electron chi connectivity index (χ4n) is 3.14. The van der Waals surface area contributed by atoms with Gasteiger partial charge in [-0.15, -0.1) is 0 Å². The maximum Gasteiger partial charge on any atom is 0.417 e. The lowest BCUT2D eigenvalue weighted by Gasteiger charge is -2.18. The van der Waals surface area contributed by atoms with E-state index in [-0.39, 0.29) is 29.8 Å². The summed E-state index contributed by atoms with van der Waals surface area (Å²) in [7, 11) is 0. The summed E-state index contributed by atoms with van der Waals surface area (Å²) in [6, 6.07) is 6.55. The van der Waals surface area contributed by atoms with Crippen molar-refractivity contribution in [2.24, 2.45) is 0 Å². The molecule has 1 aliphatic heterocycles. The van der Waals surface area contributed by atoms with Gasteiger partial charge in [-0.1, -0.05) is 17.7 Å². The van der Waals surface area contributed by atoms with Crippen LogP contribution in [0.2, 0.25) is 5.02 Å². The molecule has 1 aliphatic rings. The van der Waals surface area contributed by atoms with Crippen molar-refractivity contribution in [2.75, 3.05) is 18.0 Å². The minimum Gasteiger partial charge on any atom is -0.354 e. The van der Waals surface area contributed by atoms with Crippen molar-refractivity contribution in [3.63, 3.8) is 0 Å². The normalized spacial score (nSPS) is 17.0. The van der Waals surface area contributed by atoms with Crippen molar-refractivity contribution in [1.82, 2.24) is 10.3 Å². The molecule has 1 atom stereocenters. The van der Waals surface area contributed by atoms with Crippen molar-refractivity contribution < 1.29 is 22.4 Å². The second-order valence-corrected chi connectivity index (χ2v) is 7.01. The van der Waals surface area contributed by atoms with E-state index in [4.69, 9.17) is 11.6 Å². The Morgan fingerprint density at radius 2 is 2.07 bits per heavy atom. The van der Waals surface area contributed by atoms with Gasteiger partial charge in [-0.05, 0) is 37.1 Å². The summed E-state index contributed by atoms with van der Waals surface area (Å²) >= 11 is 5.95. The molecule has 2 aromatic rings. The highest BCUT2D eigenvalue weighted by Gasteiger charge is 2.31. The standard InChI is InChI=1S/C19H18ClF4N3O/c20-15-2-1-3-16(21)14(15)5-7-18(28)26-13-8-9-27(11-13)17-6-4-12(10-25-17)19(22,23)24/h1-4,6,10,13H,5,7-9,11H2,(H,26,28)/t13-/m1/s1. The van der Waals surface area contributed by atoms with E-state index in [1.54, 1.807) is 6.07 Å². The lowest BCUT2D eigenvalue weighted by atomic mass is 10.1. The molecule has 150 valence electrons. The van der Waals surface area contributed by atoms with Gasteiger partial charge in [0.05, 0.1) is 5.56 Å². The third kappa shape index (κ3) is 4.92. The molecule has 1 fully saturated rings. The molecule has 3 rings (SSSR count). The molecule has 1 N–H and O–H groups in total. The molecule has 0 aliphatic carbocycles. The lowest BCUT2D eigenvalue weighted by Crippen LogP contribution is -2.37. The summed E-state index contributed by atoms with van der Waals surface area (Å²) < 4.78 is 51.6. The number of carbonyl (C=O) groups is 1. The van der Waals surface area contributed by atoms with Gasteiger partial charge in [0, 0.05) is 42.3 Å². The minimum absolute atomic E-state index is 0.0929. The van der Waals surface area contributed by atoms with Crippen LogP contribution in [0.3, 0.4) is 0 Å². The monoisotopic (exact) mass is 415 g/mol. The minimum atomic E-state index is -4.42. The number of benzene rings is 1. The summed E-state index contributed by atoms with van der Waals surface area (Å²) in [5.41, 5.74) is -0.492. The molecule has 1 aromatic carbocycles. The first-order valence-electron chi connectivity index (χ1n) is 8.74. The molecule has 4 nitrogen and oxygen atoms in total. The molecule has 0 bridgehead atoms. The molecule has 28 heavy (non-hydrogen) atoms. The van der Waals surface area contributed by atoms with E-state index in [0.717, 1.165) is 12.3 Å². The topological polar surface area (TPSA) is 45.2 Å². The van der Waals surface area contributed by atoms with Gasteiger partial charge in [-0.25, -0.2) is 9.37 Å². The number of nitrogens with zero attached hydrogens (tertiary/aromatic N) is 2. The van der Waals surface area contributed by atoms with Crippen LogP contribution in [0.5, 0.6) is 0 Å². The highest BCUT2D eigenvalue weighted by Crippen LogP contribution is 2.30. The zero-order chi connectivity index (χ0) is 20.3. The van der Waals surface area contributed by atoms with E-state index in [1.807, 2.05) is 4.90 Å². The number of nitrogens with one attached hydrogen (secondary N) is 1. The van der Waals surface area contributed by atoms with Gasteiger partial charge in [-0.3, -0.25) is 4.79 Å². The van der Waals surface area contributed by atoms with Crippen LogP contribution in [0.15, 0.2) is 36.5 Å². The fraction of sp³-hybridized carbons (Fsp3) is 0.368. The van der Waals surface area contributed by atoms with Crippen LogP contribution >= 0.6 is 11.6 Å². The number of alkyl halides is 3. The molecule has 1 saturated heterocycles. The third-order valence-electron chi connectivity index (χ3n) is 4.62. The van der Waals surface area contributed by atoms with Crippen molar-refractivity contribution >= 4 is 23.3 Å². The third-order valence-corrected chi connectivity index (χ3v) is 4.97. The first-order chi connectivity index (χ1) is 13.2. The Morgan fingerprint density at radius 1 is 1.29 bits per heavy atom. The number of aromatic nitrogens is 1. The van der Waals surface area contributed by atoms with E-state index in [0.29, 0.717) is 30.9 Å². The smallest absolute Gasteiger partial charge is 0.354 e. The van der Waals surface area contributed by atoms with Crippen LogP contribution in [0.1, 0.15) is 24.0 Å². The quantitative estimate of drug-likeness (QED) is 0.744. The molecule has 0 unspecified atom stereocenters. The molecule has 9 heteroatoms. The predicted octanol–water partition coefficient (Wildman–Crippen LogP) is 4.22. The summed E-state index contributed by atoms with van der Waals surface area (Å²) in [5, 5.41) is 3.15. The molecule has 2 heterocycles. The van der Waals surface area contributed by atoms with E-state index >= 15 is 0 Å². The molecule has 0 spiro atoms. The maximum atomic E-state index is 13.7. The van der Waals surface area contributed by atoms with Gasteiger partial charge < -0.3 is 10.2 Å². The zero-order valence-corrected chi connectivity index (χ0v) is 15.5. The summed E-state index contributed by atoms with van der Waals surface area (Å²) in [6.07, 6.45) is -2.69. The Morgan fingerprint density at radius 3 is 2.71 bits per heavy atom. The first-order valence-corrected chi connectivity index (χ1v) is 9.12. The van der Waals surface area contributed by atoms with Gasteiger partial charge >= 0.3 is 6.18 Å². The number of pyridine rings is 1. The van der Waals surface area contributed by atoms with Crippen LogP contribution in [-0.2, 0) is 17.4 Å². The number of halogens is 5. The average molecular weight is 416 g/mol. The molecular formula is C19H18ClF4N3O. The van der Waals surface area contributed by atoms with Crippen molar-refractivity contribution in [2.45, 2.75) is 31.5 Å². The molecule has 1 amide bonds. The number of carbonyl (C=O) groups excluding carboxylic acids is 1. The maximum absolute atomic E-state index is 13.7. The van der Waals surface area contributed by atoms with Gasteiger partial charge in [0.2, 0.25) is 5.91 Å². The van der Waals surface area contributed by atoms with Crippen molar-refractivity contribution in [1.29, 1.82) is 0 Å². The van der Waals surface area contributed by atoms with Crippen molar-refractivity contribution in [3.05, 3.63) is 58.5 Å². The van der Waals surface area contributed by atoms with Crippen molar-refractivity contribution in [3.8, 4) is 0 Å². The summed E-state index contributed by atoms with van der Waals surface area (Å²) in [5.74, 6) is -0.241. The van der Waals surface area contributed by atoms with E-state index in [2.05, 4.69) is 10.3 Å². The molecule has 1 aromatic heterocycles. The van der Waals surface area contributed by atoms with Gasteiger partial charge in [0.25, 0.3) is 0 Å². The highest BCUT2D eigenvalue weighted by molar-refractivity contribution is 6.31. The lowest BCUT2D eigenvalue weighted by molar-refractivity contribution is -0.137. The molecular weight excluding hydrogens is 398 g/mol. The molecule has 0 saturated carbocycles. The van der Waals surface area contributed by atoms with Crippen LogP contribution in [0.25, 0.3) is 0 Å². The number of rotatable bonds is 5. The summed E-state index contributed by atoms with van der Waals surface area (Å²) in [4.78, 5) is 17.8. The van der Waals surface area contributed by atoms with Crippen LogP contribution < -0.4 is 10.2 Å². The van der Waals surface area contributed by atoms with E-state index in [1.165, 1.54) is 18.2 Å². The number of hydrogen-bond donors (Lipinski definition) is 1. The highest BCUT2D eigenvalue weighted by atomic mass is 35.5. The average Bonchev–Trinajstić information content (AvgIpc) is 3.09. The predicted molar refractivity (Wildman–Crippen MR) is 97.7 cm³/mol. The first kappa shape index (κ1) is 20.4. The Labute approximate surface area is 164 Å². The Hall–Kier alpha value is -2.35.